The van der Waals surface area contributed by atoms with Crippen LogP contribution in [0.1, 0.15) is 39.0 Å². The van der Waals surface area contributed by atoms with Gasteiger partial charge in [-0.3, -0.25) is 4.90 Å². The van der Waals surface area contributed by atoms with E-state index in [0.29, 0.717) is 12.3 Å². The van der Waals surface area contributed by atoms with Crippen molar-refractivity contribution in [2.75, 3.05) is 30.9 Å². The fourth-order valence-corrected chi connectivity index (χ4v) is 6.65. The van der Waals surface area contributed by atoms with Gasteiger partial charge in [-0.25, -0.2) is 8.42 Å². The molecular weight excluding hydrogens is 292 g/mol. The van der Waals surface area contributed by atoms with E-state index in [1.165, 1.54) is 25.5 Å². The SMILES string of the molecule is CCC1CCC(CN)(N2CCSCC2S(C)(=O)=O)CC1. The molecule has 6 heteroatoms. The van der Waals surface area contributed by atoms with Gasteiger partial charge in [0.25, 0.3) is 0 Å². The van der Waals surface area contributed by atoms with Gasteiger partial charge < -0.3 is 5.73 Å². The van der Waals surface area contributed by atoms with E-state index in [1.807, 2.05) is 0 Å². The molecule has 2 rings (SSSR count). The summed E-state index contributed by atoms with van der Waals surface area (Å²) in [5.41, 5.74) is 6.04. The summed E-state index contributed by atoms with van der Waals surface area (Å²) in [5.74, 6) is 2.51. The van der Waals surface area contributed by atoms with Crippen LogP contribution < -0.4 is 5.73 Å². The molecule has 1 heterocycles. The van der Waals surface area contributed by atoms with E-state index in [9.17, 15) is 8.42 Å². The minimum atomic E-state index is -3.04. The second-order valence-corrected chi connectivity index (χ2v) is 9.69. The first kappa shape index (κ1) is 16.6. The third kappa shape index (κ3) is 3.34. The largest absolute Gasteiger partial charge is 0.329 e. The van der Waals surface area contributed by atoms with Crippen LogP contribution in [-0.4, -0.2) is 55.1 Å². The fourth-order valence-electron chi connectivity index (χ4n) is 3.71. The van der Waals surface area contributed by atoms with Crippen LogP contribution in [0, 0.1) is 5.92 Å². The summed E-state index contributed by atoms with van der Waals surface area (Å²) in [4.78, 5) is 2.24. The first-order chi connectivity index (χ1) is 9.43. The van der Waals surface area contributed by atoms with Crippen LogP contribution in [0.25, 0.3) is 0 Å². The summed E-state index contributed by atoms with van der Waals surface area (Å²) < 4.78 is 24.2. The lowest BCUT2D eigenvalue weighted by molar-refractivity contribution is 0.0382. The Hall–Kier alpha value is 0.220. The van der Waals surface area contributed by atoms with Crippen molar-refractivity contribution in [2.24, 2.45) is 11.7 Å². The van der Waals surface area contributed by atoms with Crippen LogP contribution in [0.5, 0.6) is 0 Å². The molecule has 1 unspecified atom stereocenters. The Morgan fingerprint density at radius 3 is 2.50 bits per heavy atom. The highest BCUT2D eigenvalue weighted by molar-refractivity contribution is 8.00. The number of thioether (sulfide) groups is 1. The molecule has 1 saturated carbocycles. The zero-order valence-electron chi connectivity index (χ0n) is 12.7. The summed E-state index contributed by atoms with van der Waals surface area (Å²) in [5, 5.41) is -0.344. The highest BCUT2D eigenvalue weighted by Crippen LogP contribution is 2.40. The predicted molar refractivity (Wildman–Crippen MR) is 86.7 cm³/mol. The van der Waals surface area contributed by atoms with E-state index in [-0.39, 0.29) is 10.9 Å². The van der Waals surface area contributed by atoms with Crippen LogP contribution in [0.15, 0.2) is 0 Å². The lowest BCUT2D eigenvalue weighted by Crippen LogP contribution is -2.63. The Bertz CT molecular complexity index is 417. The van der Waals surface area contributed by atoms with Crippen LogP contribution >= 0.6 is 11.8 Å². The molecule has 1 aliphatic carbocycles. The number of hydrogen-bond donors (Lipinski definition) is 1. The maximum atomic E-state index is 12.1. The van der Waals surface area contributed by atoms with Crippen molar-refractivity contribution < 1.29 is 8.42 Å². The van der Waals surface area contributed by atoms with Gasteiger partial charge in [-0.05, 0) is 31.6 Å². The van der Waals surface area contributed by atoms with Gasteiger partial charge in [0.05, 0.1) is 0 Å². The van der Waals surface area contributed by atoms with Gasteiger partial charge in [-0.1, -0.05) is 13.3 Å². The van der Waals surface area contributed by atoms with Crippen LogP contribution in [0.4, 0.5) is 0 Å². The molecule has 2 fully saturated rings. The van der Waals surface area contributed by atoms with Gasteiger partial charge in [-0.2, -0.15) is 11.8 Å². The monoisotopic (exact) mass is 320 g/mol. The molecule has 4 nitrogen and oxygen atoms in total. The van der Waals surface area contributed by atoms with E-state index < -0.39 is 9.84 Å². The number of hydrogen-bond acceptors (Lipinski definition) is 5. The van der Waals surface area contributed by atoms with Gasteiger partial charge in [0.15, 0.2) is 9.84 Å². The van der Waals surface area contributed by atoms with Crippen molar-refractivity contribution in [3.8, 4) is 0 Å². The Morgan fingerprint density at radius 2 is 2.00 bits per heavy atom. The summed E-state index contributed by atoms with van der Waals surface area (Å²) >= 11 is 1.75. The van der Waals surface area contributed by atoms with Gasteiger partial charge in [0.2, 0.25) is 0 Å². The van der Waals surface area contributed by atoms with E-state index in [1.54, 1.807) is 11.8 Å². The molecule has 2 aliphatic rings. The first-order valence-corrected chi connectivity index (χ1v) is 10.8. The highest BCUT2D eigenvalue weighted by atomic mass is 32.2. The fraction of sp³-hybridized carbons (Fsp3) is 1.00. The molecule has 0 amide bonds. The normalized spacial score (nSPS) is 37.0. The van der Waals surface area contributed by atoms with E-state index >= 15 is 0 Å². The zero-order valence-corrected chi connectivity index (χ0v) is 14.3. The van der Waals surface area contributed by atoms with Crippen molar-refractivity contribution in [1.82, 2.24) is 4.90 Å². The Balaban J connectivity index is 2.20. The van der Waals surface area contributed by atoms with Gasteiger partial charge in [0, 0.05) is 36.4 Å². The highest BCUT2D eigenvalue weighted by Gasteiger charge is 2.45. The standard InChI is InChI=1S/C14H28N2O2S2/c1-3-12-4-6-14(11-15,7-5-12)16-8-9-19-10-13(16)20(2,17)18/h12-13H,3-11,15H2,1-2H3. The van der Waals surface area contributed by atoms with Crippen molar-refractivity contribution in [3.63, 3.8) is 0 Å². The molecular formula is C14H28N2O2S2. The maximum absolute atomic E-state index is 12.1. The molecule has 0 spiro atoms. The average molecular weight is 321 g/mol. The smallest absolute Gasteiger partial charge is 0.164 e. The summed E-state index contributed by atoms with van der Waals surface area (Å²) in [6.45, 7) is 3.69. The predicted octanol–water partition coefficient (Wildman–Crippen LogP) is 1.70. The third-order valence-corrected chi connectivity index (χ3v) is 7.82. The molecule has 1 aliphatic heterocycles. The molecule has 2 N–H and O–H groups in total. The molecule has 1 saturated heterocycles. The molecule has 0 bridgehead atoms. The minimum absolute atomic E-state index is 0.0829. The lowest BCUT2D eigenvalue weighted by atomic mass is 9.74. The van der Waals surface area contributed by atoms with E-state index in [0.717, 1.165) is 31.1 Å². The number of nitrogens with zero attached hydrogens (tertiary/aromatic N) is 1. The van der Waals surface area contributed by atoms with E-state index in [2.05, 4.69) is 11.8 Å². The number of sulfone groups is 1. The van der Waals surface area contributed by atoms with Crippen molar-refractivity contribution in [1.29, 1.82) is 0 Å². The minimum Gasteiger partial charge on any atom is -0.329 e. The molecule has 0 radical (unpaired) electrons. The zero-order chi connectivity index (χ0) is 14.8. The Kier molecular flexibility index (Phi) is 5.43. The summed E-state index contributed by atoms with van der Waals surface area (Å²) in [7, 11) is -3.04. The molecule has 1 atom stereocenters. The number of rotatable bonds is 4. The maximum Gasteiger partial charge on any atom is 0.164 e. The first-order valence-electron chi connectivity index (χ1n) is 7.66. The Morgan fingerprint density at radius 1 is 1.35 bits per heavy atom. The number of nitrogens with two attached hydrogens (primary N) is 1. The second kappa shape index (κ2) is 6.55. The van der Waals surface area contributed by atoms with Crippen molar-refractivity contribution in [3.05, 3.63) is 0 Å². The van der Waals surface area contributed by atoms with Crippen LogP contribution in [0.3, 0.4) is 0 Å². The topological polar surface area (TPSA) is 63.4 Å². The molecule has 0 aromatic heterocycles. The van der Waals surface area contributed by atoms with Crippen LogP contribution in [0.2, 0.25) is 0 Å². The average Bonchev–Trinajstić information content (AvgIpc) is 2.46. The van der Waals surface area contributed by atoms with Crippen molar-refractivity contribution in [2.45, 2.75) is 49.9 Å². The van der Waals surface area contributed by atoms with Crippen LogP contribution in [-0.2, 0) is 9.84 Å². The second-order valence-electron chi connectivity index (χ2n) is 6.33. The van der Waals surface area contributed by atoms with Gasteiger partial charge >= 0.3 is 0 Å². The third-order valence-electron chi connectivity index (χ3n) is 5.18. The molecule has 118 valence electrons. The van der Waals surface area contributed by atoms with Gasteiger partial charge in [0.1, 0.15) is 5.37 Å². The Labute approximate surface area is 127 Å². The summed E-state index contributed by atoms with van der Waals surface area (Å²) in [6, 6.07) is 0. The lowest BCUT2D eigenvalue weighted by Gasteiger charge is -2.51. The quantitative estimate of drug-likeness (QED) is 0.854. The molecule has 20 heavy (non-hydrogen) atoms. The summed E-state index contributed by atoms with van der Waals surface area (Å²) in [6.07, 6.45) is 7.09. The van der Waals surface area contributed by atoms with Crippen molar-refractivity contribution >= 4 is 21.6 Å². The van der Waals surface area contributed by atoms with Gasteiger partial charge in [-0.15, -0.1) is 0 Å². The molecule has 0 aromatic rings. The molecule has 0 aromatic carbocycles. The van der Waals surface area contributed by atoms with E-state index in [4.69, 9.17) is 5.73 Å².